The molecule has 1 aliphatic heterocycles. The highest BCUT2D eigenvalue weighted by Gasteiger charge is 2.16. The lowest BCUT2D eigenvalue weighted by atomic mass is 10.1. The van der Waals surface area contributed by atoms with Gasteiger partial charge in [0, 0.05) is 5.56 Å². The number of carbonyl (C=O) groups excluding carboxylic acids is 1. The first-order valence-corrected chi connectivity index (χ1v) is 7.96. The van der Waals surface area contributed by atoms with Gasteiger partial charge in [0.1, 0.15) is 25.0 Å². The molecule has 0 bridgehead atoms. The van der Waals surface area contributed by atoms with Crippen molar-refractivity contribution in [2.75, 3.05) is 19.8 Å². The first-order chi connectivity index (χ1) is 12.2. The fraction of sp³-hybridized carbons (Fsp3) is 0.158. The Balaban J connectivity index is 1.72. The number of nitriles is 1. The van der Waals surface area contributed by atoms with Crippen molar-refractivity contribution in [3.05, 3.63) is 58.6 Å². The third-order valence-corrected chi connectivity index (χ3v) is 3.77. The number of hydrogen-bond donors (Lipinski definition) is 0. The summed E-state index contributed by atoms with van der Waals surface area (Å²) in [5.41, 5.74) is 1.26. The predicted molar refractivity (Wildman–Crippen MR) is 93.4 cm³/mol. The van der Waals surface area contributed by atoms with E-state index in [0.29, 0.717) is 41.0 Å². The van der Waals surface area contributed by atoms with E-state index < -0.39 is 0 Å². The maximum absolute atomic E-state index is 12.2. The fourth-order valence-corrected chi connectivity index (χ4v) is 2.60. The van der Waals surface area contributed by atoms with Crippen molar-refractivity contribution in [1.82, 2.24) is 0 Å². The summed E-state index contributed by atoms with van der Waals surface area (Å²) in [5, 5.41) is 8.93. The normalized spacial score (nSPS) is 12.6. The fourth-order valence-electron chi connectivity index (χ4n) is 2.33. The Hall–Kier alpha value is -2.97. The van der Waals surface area contributed by atoms with Gasteiger partial charge in [0.2, 0.25) is 0 Å². The quantitative estimate of drug-likeness (QED) is 0.600. The Morgan fingerprint density at radius 1 is 1.24 bits per heavy atom. The number of ether oxygens (including phenoxy) is 3. The lowest BCUT2D eigenvalue weighted by Crippen LogP contribution is -2.15. The van der Waals surface area contributed by atoms with Crippen LogP contribution in [0.4, 0.5) is 0 Å². The van der Waals surface area contributed by atoms with Crippen LogP contribution in [0.15, 0.2) is 42.5 Å². The number of rotatable bonds is 5. The molecule has 3 rings (SSSR count). The number of ketones is 1. The van der Waals surface area contributed by atoms with E-state index in [1.54, 1.807) is 42.5 Å². The number of allylic oxidation sites excluding steroid dienone is 1. The SMILES string of the molecule is N#CCOc1ccc(C(=O)/C=C/c2cc(Cl)c3c(c2)OCCO3)cc1. The number of carbonyl (C=O) groups is 1. The van der Waals surface area contributed by atoms with Gasteiger partial charge >= 0.3 is 0 Å². The van der Waals surface area contributed by atoms with E-state index in [-0.39, 0.29) is 12.4 Å². The number of hydrogen-bond acceptors (Lipinski definition) is 5. The molecular weight excluding hydrogens is 342 g/mol. The van der Waals surface area contributed by atoms with Crippen LogP contribution in [-0.4, -0.2) is 25.6 Å². The standard InChI is InChI=1S/C19H14ClNO4/c20-16-11-13(12-18-19(16)25-10-9-24-18)1-6-17(22)14-2-4-15(5-3-14)23-8-7-21/h1-6,11-12H,8-10H2/b6-1+. The average molecular weight is 356 g/mol. The van der Waals surface area contributed by atoms with E-state index >= 15 is 0 Å². The second-order valence-corrected chi connectivity index (χ2v) is 5.60. The zero-order valence-electron chi connectivity index (χ0n) is 13.2. The molecule has 5 nitrogen and oxygen atoms in total. The van der Waals surface area contributed by atoms with Gasteiger partial charge in [-0.3, -0.25) is 4.79 Å². The smallest absolute Gasteiger partial charge is 0.185 e. The Morgan fingerprint density at radius 2 is 2.00 bits per heavy atom. The lowest BCUT2D eigenvalue weighted by Gasteiger charge is -2.19. The van der Waals surface area contributed by atoms with Gasteiger partial charge in [-0.1, -0.05) is 17.7 Å². The van der Waals surface area contributed by atoms with Crippen LogP contribution in [0.5, 0.6) is 17.2 Å². The van der Waals surface area contributed by atoms with Gasteiger partial charge in [0.25, 0.3) is 0 Å². The molecule has 0 saturated carbocycles. The van der Waals surface area contributed by atoms with Gasteiger partial charge in [-0.05, 0) is 48.0 Å². The Morgan fingerprint density at radius 3 is 2.76 bits per heavy atom. The van der Waals surface area contributed by atoms with E-state index in [1.807, 2.05) is 6.07 Å². The molecule has 0 amide bonds. The molecule has 0 aliphatic carbocycles. The molecule has 0 N–H and O–H groups in total. The molecule has 1 aliphatic rings. The van der Waals surface area contributed by atoms with Crippen molar-refractivity contribution in [2.24, 2.45) is 0 Å². The van der Waals surface area contributed by atoms with Crippen LogP contribution >= 0.6 is 11.6 Å². The van der Waals surface area contributed by atoms with Crippen LogP contribution in [0.3, 0.4) is 0 Å². The molecule has 0 fully saturated rings. The van der Waals surface area contributed by atoms with E-state index in [0.717, 1.165) is 5.56 Å². The van der Waals surface area contributed by atoms with Crippen LogP contribution in [0.1, 0.15) is 15.9 Å². The number of fused-ring (bicyclic) bond motifs is 1. The first kappa shape index (κ1) is 16.9. The minimum atomic E-state index is -0.155. The highest BCUT2D eigenvalue weighted by atomic mass is 35.5. The summed E-state index contributed by atoms with van der Waals surface area (Å²) in [5.74, 6) is 1.49. The molecule has 2 aromatic carbocycles. The number of nitrogens with zero attached hydrogens (tertiary/aromatic N) is 1. The van der Waals surface area contributed by atoms with Gasteiger partial charge in [-0.15, -0.1) is 0 Å². The Labute approximate surface area is 150 Å². The van der Waals surface area contributed by atoms with Crippen LogP contribution in [0.2, 0.25) is 5.02 Å². The highest BCUT2D eigenvalue weighted by molar-refractivity contribution is 6.32. The maximum Gasteiger partial charge on any atom is 0.185 e. The second-order valence-electron chi connectivity index (χ2n) is 5.20. The lowest BCUT2D eigenvalue weighted by molar-refractivity contribution is 0.104. The summed E-state index contributed by atoms with van der Waals surface area (Å²) < 4.78 is 16.1. The second kappa shape index (κ2) is 7.73. The number of benzene rings is 2. The summed E-state index contributed by atoms with van der Waals surface area (Å²) in [7, 11) is 0. The zero-order chi connectivity index (χ0) is 17.6. The van der Waals surface area contributed by atoms with Crippen molar-refractivity contribution < 1.29 is 19.0 Å². The Bertz CT molecular complexity index is 853. The van der Waals surface area contributed by atoms with Crippen molar-refractivity contribution in [1.29, 1.82) is 5.26 Å². The Kier molecular flexibility index (Phi) is 5.22. The van der Waals surface area contributed by atoms with E-state index in [9.17, 15) is 4.79 Å². The predicted octanol–water partition coefficient (Wildman–Crippen LogP) is 3.91. The molecule has 25 heavy (non-hydrogen) atoms. The highest BCUT2D eigenvalue weighted by Crippen LogP contribution is 2.38. The molecule has 6 heteroatoms. The van der Waals surface area contributed by atoms with Gasteiger partial charge in [-0.2, -0.15) is 5.26 Å². The third kappa shape index (κ3) is 4.11. The average Bonchev–Trinajstić information content (AvgIpc) is 2.65. The number of halogens is 1. The summed E-state index contributed by atoms with van der Waals surface area (Å²) >= 11 is 6.18. The van der Waals surface area contributed by atoms with Crippen LogP contribution in [-0.2, 0) is 0 Å². The molecule has 2 aromatic rings. The minimum absolute atomic E-state index is 0.0297. The van der Waals surface area contributed by atoms with E-state index in [4.69, 9.17) is 31.1 Å². The van der Waals surface area contributed by atoms with Crippen molar-refractivity contribution >= 4 is 23.5 Å². The zero-order valence-corrected chi connectivity index (χ0v) is 14.0. The van der Waals surface area contributed by atoms with Gasteiger partial charge in [-0.25, -0.2) is 0 Å². The van der Waals surface area contributed by atoms with E-state index in [1.165, 1.54) is 6.08 Å². The van der Waals surface area contributed by atoms with Crippen LogP contribution in [0, 0.1) is 11.3 Å². The van der Waals surface area contributed by atoms with Gasteiger partial charge in [0.15, 0.2) is 23.9 Å². The molecule has 0 saturated heterocycles. The molecular formula is C19H14ClNO4. The third-order valence-electron chi connectivity index (χ3n) is 3.49. The first-order valence-electron chi connectivity index (χ1n) is 7.59. The molecule has 1 heterocycles. The van der Waals surface area contributed by atoms with Crippen LogP contribution in [0.25, 0.3) is 6.08 Å². The maximum atomic E-state index is 12.2. The summed E-state index contributed by atoms with van der Waals surface area (Å²) in [6.45, 7) is 0.905. The van der Waals surface area contributed by atoms with Crippen molar-refractivity contribution in [2.45, 2.75) is 0 Å². The van der Waals surface area contributed by atoms with Crippen LogP contribution < -0.4 is 14.2 Å². The van der Waals surface area contributed by atoms with Gasteiger partial charge < -0.3 is 14.2 Å². The molecule has 126 valence electrons. The summed E-state index contributed by atoms with van der Waals surface area (Å²) in [4.78, 5) is 12.2. The van der Waals surface area contributed by atoms with Crippen molar-refractivity contribution in [3.8, 4) is 23.3 Å². The van der Waals surface area contributed by atoms with Gasteiger partial charge in [0.05, 0.1) is 5.02 Å². The molecule has 0 unspecified atom stereocenters. The molecule has 0 aromatic heterocycles. The molecule has 0 atom stereocenters. The van der Waals surface area contributed by atoms with Crippen molar-refractivity contribution in [3.63, 3.8) is 0 Å². The van der Waals surface area contributed by atoms with E-state index in [2.05, 4.69) is 0 Å². The molecule has 0 radical (unpaired) electrons. The largest absolute Gasteiger partial charge is 0.486 e. The topological polar surface area (TPSA) is 68.5 Å². The summed E-state index contributed by atoms with van der Waals surface area (Å²) in [6.07, 6.45) is 3.14. The summed E-state index contributed by atoms with van der Waals surface area (Å²) in [6, 6.07) is 12.0. The monoisotopic (exact) mass is 355 g/mol. The molecule has 0 spiro atoms. The minimum Gasteiger partial charge on any atom is -0.486 e.